The van der Waals surface area contributed by atoms with Crippen LogP contribution in [0.3, 0.4) is 0 Å². The highest BCUT2D eigenvalue weighted by Crippen LogP contribution is 2.32. The maximum Gasteiger partial charge on any atom is 0.299 e. The van der Waals surface area contributed by atoms with E-state index in [2.05, 4.69) is 0 Å². The molecule has 1 heterocycles. The molecule has 21 heavy (non-hydrogen) atoms. The lowest BCUT2D eigenvalue weighted by Gasteiger charge is -2.24. The Balaban J connectivity index is 2.32. The van der Waals surface area contributed by atoms with Gasteiger partial charge in [0.2, 0.25) is 5.91 Å². The molecule has 0 fully saturated rings. The second kappa shape index (κ2) is 5.55. The second-order valence-electron chi connectivity index (χ2n) is 5.20. The maximum atomic E-state index is 12.1. The molecule has 1 aromatic carbocycles. The zero-order chi connectivity index (χ0) is 15.7. The molecule has 0 unspecified atom stereocenters. The number of methoxy groups -OCH3 is 1. The van der Waals surface area contributed by atoms with E-state index in [0.29, 0.717) is 17.0 Å². The molecule has 0 atom stereocenters. The first-order chi connectivity index (χ1) is 9.86. The van der Waals surface area contributed by atoms with E-state index in [9.17, 15) is 14.4 Å². The average molecular weight is 290 g/mol. The van der Waals surface area contributed by atoms with Crippen LogP contribution in [-0.2, 0) is 9.59 Å². The van der Waals surface area contributed by atoms with Gasteiger partial charge in [-0.25, -0.2) is 0 Å². The fraction of sp³-hybridized carbons (Fsp3) is 0.400. The summed E-state index contributed by atoms with van der Waals surface area (Å²) in [5.74, 6) is -0.954. The Bertz CT molecular complexity index is 610. The highest BCUT2D eigenvalue weighted by molar-refractivity contribution is 6.52. The molecule has 2 amide bonds. The van der Waals surface area contributed by atoms with Crippen LogP contribution in [0.1, 0.15) is 24.2 Å². The van der Waals surface area contributed by atoms with E-state index in [4.69, 9.17) is 4.74 Å². The van der Waals surface area contributed by atoms with Gasteiger partial charge in [0, 0.05) is 19.2 Å². The Labute approximate surface area is 123 Å². The van der Waals surface area contributed by atoms with Crippen molar-refractivity contribution in [3.8, 4) is 5.75 Å². The third-order valence-corrected chi connectivity index (χ3v) is 3.64. The molecule has 0 saturated heterocycles. The summed E-state index contributed by atoms with van der Waals surface area (Å²) in [7, 11) is 3.17. The lowest BCUT2D eigenvalue weighted by atomic mass is 10.1. The van der Waals surface area contributed by atoms with Crippen LogP contribution in [0, 0.1) is 0 Å². The second-order valence-corrected chi connectivity index (χ2v) is 5.20. The zero-order valence-electron chi connectivity index (χ0n) is 12.5. The van der Waals surface area contributed by atoms with Gasteiger partial charge in [0.15, 0.2) is 0 Å². The minimum atomic E-state index is -0.677. The van der Waals surface area contributed by atoms with E-state index in [1.807, 2.05) is 13.8 Å². The Morgan fingerprint density at radius 1 is 1.33 bits per heavy atom. The first-order valence-electron chi connectivity index (χ1n) is 6.66. The first kappa shape index (κ1) is 15.0. The summed E-state index contributed by atoms with van der Waals surface area (Å²) < 4.78 is 5.10. The molecular formula is C15H18N2O4. The van der Waals surface area contributed by atoms with E-state index in [1.165, 1.54) is 16.9 Å². The molecule has 0 saturated carbocycles. The number of likely N-dealkylation sites (N-methyl/N-ethyl adjacent to an activating group) is 1. The lowest BCUT2D eigenvalue weighted by Crippen LogP contribution is -2.43. The quantitative estimate of drug-likeness (QED) is 0.779. The summed E-state index contributed by atoms with van der Waals surface area (Å²) >= 11 is 0. The molecule has 0 radical (unpaired) electrons. The van der Waals surface area contributed by atoms with Crippen LogP contribution >= 0.6 is 0 Å². The van der Waals surface area contributed by atoms with E-state index >= 15 is 0 Å². The van der Waals surface area contributed by atoms with Crippen LogP contribution in [-0.4, -0.2) is 49.2 Å². The van der Waals surface area contributed by atoms with Crippen molar-refractivity contribution in [1.82, 2.24) is 4.90 Å². The predicted octanol–water partition coefficient (Wildman–Crippen LogP) is 1.09. The molecule has 1 aromatic rings. The van der Waals surface area contributed by atoms with Crippen molar-refractivity contribution in [1.29, 1.82) is 0 Å². The summed E-state index contributed by atoms with van der Waals surface area (Å²) in [5, 5.41) is 0. The van der Waals surface area contributed by atoms with Gasteiger partial charge >= 0.3 is 0 Å². The summed E-state index contributed by atoms with van der Waals surface area (Å²) in [4.78, 5) is 38.9. The molecule has 112 valence electrons. The molecule has 0 aliphatic carbocycles. The van der Waals surface area contributed by atoms with Crippen molar-refractivity contribution in [2.75, 3.05) is 25.6 Å². The standard InChI is InChI=1S/C15H18N2O4/c1-9(2)16(3)13(18)8-17-12-7-10(21-4)5-6-11(12)14(19)15(17)20/h5-7,9H,8H2,1-4H3. The highest BCUT2D eigenvalue weighted by atomic mass is 16.5. The summed E-state index contributed by atoms with van der Waals surface area (Å²) in [6.07, 6.45) is 0. The fourth-order valence-corrected chi connectivity index (χ4v) is 2.09. The molecule has 0 aromatic heterocycles. The average Bonchev–Trinajstić information content (AvgIpc) is 2.70. The highest BCUT2D eigenvalue weighted by Gasteiger charge is 2.37. The minimum absolute atomic E-state index is 0.0238. The van der Waals surface area contributed by atoms with Gasteiger partial charge < -0.3 is 9.64 Å². The molecule has 6 nitrogen and oxygen atoms in total. The molecular weight excluding hydrogens is 272 g/mol. The number of Topliss-reactive ketones (excluding diaryl/α,β-unsaturated/α-hetero) is 1. The van der Waals surface area contributed by atoms with Crippen LogP contribution in [0.4, 0.5) is 5.69 Å². The van der Waals surface area contributed by atoms with Gasteiger partial charge in [0.1, 0.15) is 12.3 Å². The third-order valence-electron chi connectivity index (χ3n) is 3.64. The predicted molar refractivity (Wildman–Crippen MR) is 77.6 cm³/mol. The van der Waals surface area contributed by atoms with Gasteiger partial charge in [-0.15, -0.1) is 0 Å². The number of carbonyl (C=O) groups is 3. The Morgan fingerprint density at radius 3 is 2.57 bits per heavy atom. The third kappa shape index (κ3) is 2.61. The van der Waals surface area contributed by atoms with Gasteiger partial charge in [0.05, 0.1) is 18.4 Å². The van der Waals surface area contributed by atoms with Crippen LogP contribution in [0.2, 0.25) is 0 Å². The maximum absolute atomic E-state index is 12.1. The van der Waals surface area contributed by atoms with Crippen molar-refractivity contribution in [3.05, 3.63) is 23.8 Å². The van der Waals surface area contributed by atoms with Crippen molar-refractivity contribution in [3.63, 3.8) is 0 Å². The number of hydrogen-bond donors (Lipinski definition) is 0. The van der Waals surface area contributed by atoms with E-state index < -0.39 is 11.7 Å². The number of ether oxygens (including phenoxy) is 1. The van der Waals surface area contributed by atoms with E-state index in [1.54, 1.807) is 25.2 Å². The monoisotopic (exact) mass is 290 g/mol. The molecule has 1 aliphatic heterocycles. The van der Waals surface area contributed by atoms with Gasteiger partial charge in [-0.05, 0) is 26.0 Å². The number of anilines is 1. The lowest BCUT2D eigenvalue weighted by molar-refractivity contribution is -0.131. The number of amides is 2. The molecule has 6 heteroatoms. The van der Waals surface area contributed by atoms with Crippen molar-refractivity contribution < 1.29 is 19.1 Å². The Kier molecular flexibility index (Phi) is 3.97. The van der Waals surface area contributed by atoms with Crippen molar-refractivity contribution >= 4 is 23.3 Å². The van der Waals surface area contributed by atoms with Gasteiger partial charge in [-0.3, -0.25) is 19.3 Å². The molecule has 0 bridgehead atoms. The summed E-state index contributed by atoms with van der Waals surface area (Å²) in [6.45, 7) is 3.61. The van der Waals surface area contributed by atoms with Crippen molar-refractivity contribution in [2.24, 2.45) is 0 Å². The van der Waals surface area contributed by atoms with Gasteiger partial charge in [0.25, 0.3) is 11.7 Å². The van der Waals surface area contributed by atoms with Crippen LogP contribution in [0.25, 0.3) is 0 Å². The molecule has 0 N–H and O–H groups in total. The summed E-state index contributed by atoms with van der Waals surface area (Å²) in [6, 6.07) is 4.79. The normalized spacial score (nSPS) is 13.7. The van der Waals surface area contributed by atoms with Crippen LogP contribution < -0.4 is 9.64 Å². The Morgan fingerprint density at radius 2 is 2.00 bits per heavy atom. The topological polar surface area (TPSA) is 66.9 Å². The first-order valence-corrected chi connectivity index (χ1v) is 6.66. The number of carbonyl (C=O) groups excluding carboxylic acids is 3. The van der Waals surface area contributed by atoms with Crippen molar-refractivity contribution in [2.45, 2.75) is 19.9 Å². The minimum Gasteiger partial charge on any atom is -0.497 e. The van der Waals surface area contributed by atoms with Gasteiger partial charge in [-0.2, -0.15) is 0 Å². The van der Waals surface area contributed by atoms with Crippen LogP contribution in [0.15, 0.2) is 18.2 Å². The number of ketones is 1. The van der Waals surface area contributed by atoms with Gasteiger partial charge in [-0.1, -0.05) is 0 Å². The number of benzene rings is 1. The smallest absolute Gasteiger partial charge is 0.299 e. The molecule has 0 spiro atoms. The zero-order valence-corrected chi connectivity index (χ0v) is 12.5. The summed E-state index contributed by atoms with van der Waals surface area (Å²) in [5.41, 5.74) is 0.732. The van der Waals surface area contributed by atoms with Crippen LogP contribution in [0.5, 0.6) is 5.75 Å². The molecule has 1 aliphatic rings. The largest absolute Gasteiger partial charge is 0.497 e. The van der Waals surface area contributed by atoms with E-state index in [0.717, 1.165) is 0 Å². The number of fused-ring (bicyclic) bond motifs is 1. The number of hydrogen-bond acceptors (Lipinski definition) is 4. The SMILES string of the molecule is COc1ccc2c(c1)N(CC(=O)N(C)C(C)C)C(=O)C2=O. The Hall–Kier alpha value is -2.37. The fourth-order valence-electron chi connectivity index (χ4n) is 2.09. The van der Waals surface area contributed by atoms with E-state index in [-0.39, 0.29) is 18.5 Å². The molecule has 2 rings (SSSR count). The number of rotatable bonds is 4. The number of nitrogens with zero attached hydrogens (tertiary/aromatic N) is 2.